The number of nitrogens with zero attached hydrogens (tertiary/aromatic N) is 1. The molecule has 1 aliphatic heterocycles. The minimum absolute atomic E-state index is 0.0331. The van der Waals surface area contributed by atoms with E-state index in [1.54, 1.807) is 0 Å². The second-order valence-electron chi connectivity index (χ2n) is 5.26. The van der Waals surface area contributed by atoms with Gasteiger partial charge < -0.3 is 10.0 Å². The summed E-state index contributed by atoms with van der Waals surface area (Å²) in [5.74, 6) is 0.185. The Hall–Kier alpha value is -1.35. The van der Waals surface area contributed by atoms with Crippen molar-refractivity contribution in [2.75, 3.05) is 13.2 Å². The maximum Gasteiger partial charge on any atom is 0.223 e. The molecule has 0 aromatic heterocycles. The summed E-state index contributed by atoms with van der Waals surface area (Å²) in [5.41, 5.74) is 1.20. The maximum atomic E-state index is 12.3. The fraction of sp³-hybridized carbons (Fsp3) is 0.562. The number of likely N-dealkylation sites (tertiary alicyclic amines) is 1. The standard InChI is InChI=1S/C16H23NO2/c18-13-15-9-5-2-6-12-17(15)16(19)11-10-14-7-3-1-4-8-14/h1,3-4,7-8,15,18H,2,5-6,9-13H2. The van der Waals surface area contributed by atoms with E-state index in [0.717, 1.165) is 32.2 Å². The molecule has 104 valence electrons. The molecule has 0 radical (unpaired) electrons. The van der Waals surface area contributed by atoms with Gasteiger partial charge in [0.1, 0.15) is 0 Å². The molecule has 1 aromatic rings. The van der Waals surface area contributed by atoms with Crippen LogP contribution in [0.5, 0.6) is 0 Å². The van der Waals surface area contributed by atoms with E-state index in [-0.39, 0.29) is 18.6 Å². The van der Waals surface area contributed by atoms with Crippen molar-refractivity contribution >= 4 is 5.91 Å². The average molecular weight is 261 g/mol. The number of carbonyl (C=O) groups is 1. The molecular weight excluding hydrogens is 238 g/mol. The Kier molecular flexibility index (Phi) is 5.40. The number of aliphatic hydroxyl groups is 1. The highest BCUT2D eigenvalue weighted by Crippen LogP contribution is 2.18. The molecule has 1 fully saturated rings. The largest absolute Gasteiger partial charge is 0.394 e. The molecule has 3 heteroatoms. The quantitative estimate of drug-likeness (QED) is 0.904. The Bertz CT molecular complexity index is 391. The second-order valence-corrected chi connectivity index (χ2v) is 5.26. The monoisotopic (exact) mass is 261 g/mol. The number of amides is 1. The lowest BCUT2D eigenvalue weighted by Gasteiger charge is -2.28. The van der Waals surface area contributed by atoms with Crippen LogP contribution in [-0.2, 0) is 11.2 Å². The summed E-state index contributed by atoms with van der Waals surface area (Å²) in [4.78, 5) is 14.2. The molecule has 1 unspecified atom stereocenters. The van der Waals surface area contributed by atoms with Gasteiger partial charge in [0, 0.05) is 13.0 Å². The van der Waals surface area contributed by atoms with Gasteiger partial charge in [-0.25, -0.2) is 0 Å². The predicted molar refractivity (Wildman–Crippen MR) is 75.8 cm³/mol. The van der Waals surface area contributed by atoms with Crippen LogP contribution in [0.4, 0.5) is 0 Å². The Balaban J connectivity index is 1.90. The minimum Gasteiger partial charge on any atom is -0.394 e. The zero-order valence-corrected chi connectivity index (χ0v) is 11.4. The van der Waals surface area contributed by atoms with Gasteiger partial charge in [0.15, 0.2) is 0 Å². The van der Waals surface area contributed by atoms with Gasteiger partial charge in [-0.15, -0.1) is 0 Å². The van der Waals surface area contributed by atoms with E-state index in [4.69, 9.17) is 0 Å². The van der Waals surface area contributed by atoms with Crippen molar-refractivity contribution in [3.8, 4) is 0 Å². The van der Waals surface area contributed by atoms with Gasteiger partial charge in [0.2, 0.25) is 5.91 Å². The van der Waals surface area contributed by atoms with Crippen LogP contribution in [0.1, 0.15) is 37.7 Å². The first kappa shape index (κ1) is 14.1. The molecule has 0 bridgehead atoms. The van der Waals surface area contributed by atoms with E-state index >= 15 is 0 Å². The maximum absolute atomic E-state index is 12.3. The predicted octanol–water partition coefficient (Wildman–Crippen LogP) is 2.38. The first-order valence-electron chi connectivity index (χ1n) is 7.25. The molecule has 1 amide bonds. The summed E-state index contributed by atoms with van der Waals surface area (Å²) in [6.07, 6.45) is 5.61. The lowest BCUT2D eigenvalue weighted by atomic mass is 10.1. The summed E-state index contributed by atoms with van der Waals surface area (Å²) in [6, 6.07) is 10.1. The number of rotatable bonds is 4. The van der Waals surface area contributed by atoms with Crippen molar-refractivity contribution < 1.29 is 9.90 Å². The van der Waals surface area contributed by atoms with Crippen molar-refractivity contribution in [1.82, 2.24) is 4.90 Å². The molecule has 1 saturated heterocycles. The number of hydrogen-bond acceptors (Lipinski definition) is 2. The summed E-state index contributed by atoms with van der Waals surface area (Å²) < 4.78 is 0. The van der Waals surface area contributed by atoms with Crippen molar-refractivity contribution in [1.29, 1.82) is 0 Å². The summed E-state index contributed by atoms with van der Waals surface area (Å²) in [7, 11) is 0. The first-order chi connectivity index (χ1) is 9.31. The van der Waals surface area contributed by atoms with Crippen LogP contribution < -0.4 is 0 Å². The molecule has 2 rings (SSSR count). The van der Waals surface area contributed by atoms with Gasteiger partial charge in [-0.05, 0) is 24.8 Å². The molecule has 1 N–H and O–H groups in total. The van der Waals surface area contributed by atoms with Gasteiger partial charge >= 0.3 is 0 Å². The third kappa shape index (κ3) is 4.06. The molecule has 19 heavy (non-hydrogen) atoms. The molecule has 1 aromatic carbocycles. The van der Waals surface area contributed by atoms with Gasteiger partial charge in [-0.1, -0.05) is 43.2 Å². The fourth-order valence-corrected chi connectivity index (χ4v) is 2.74. The fourth-order valence-electron chi connectivity index (χ4n) is 2.74. The van der Waals surface area contributed by atoms with E-state index in [1.807, 2.05) is 23.1 Å². The molecule has 1 aliphatic rings. The summed E-state index contributed by atoms with van der Waals surface area (Å²) >= 11 is 0. The molecule has 0 spiro atoms. The van der Waals surface area contributed by atoms with Crippen LogP contribution in [0, 0.1) is 0 Å². The first-order valence-corrected chi connectivity index (χ1v) is 7.25. The molecular formula is C16H23NO2. The van der Waals surface area contributed by atoms with Crippen LogP contribution in [0.25, 0.3) is 0 Å². The lowest BCUT2D eigenvalue weighted by molar-refractivity contribution is -0.134. The van der Waals surface area contributed by atoms with Crippen LogP contribution >= 0.6 is 0 Å². The van der Waals surface area contributed by atoms with E-state index in [2.05, 4.69) is 12.1 Å². The average Bonchev–Trinajstić information content (AvgIpc) is 2.71. The van der Waals surface area contributed by atoms with E-state index in [0.29, 0.717) is 6.42 Å². The Morgan fingerprint density at radius 3 is 2.74 bits per heavy atom. The highest BCUT2D eigenvalue weighted by Gasteiger charge is 2.24. The molecule has 1 heterocycles. The van der Waals surface area contributed by atoms with Crippen LogP contribution in [0.15, 0.2) is 30.3 Å². The van der Waals surface area contributed by atoms with Crippen LogP contribution in [0.2, 0.25) is 0 Å². The van der Waals surface area contributed by atoms with Crippen molar-refractivity contribution in [2.24, 2.45) is 0 Å². The van der Waals surface area contributed by atoms with E-state index < -0.39 is 0 Å². The van der Waals surface area contributed by atoms with Crippen LogP contribution in [0.3, 0.4) is 0 Å². The van der Waals surface area contributed by atoms with Gasteiger partial charge in [0.25, 0.3) is 0 Å². The van der Waals surface area contributed by atoms with Crippen molar-refractivity contribution in [3.63, 3.8) is 0 Å². The highest BCUT2D eigenvalue weighted by molar-refractivity contribution is 5.76. The number of carbonyl (C=O) groups excluding carboxylic acids is 1. The van der Waals surface area contributed by atoms with E-state index in [9.17, 15) is 9.90 Å². The normalized spacial score (nSPS) is 20.1. The smallest absolute Gasteiger partial charge is 0.223 e. The Morgan fingerprint density at radius 1 is 1.21 bits per heavy atom. The molecule has 3 nitrogen and oxygen atoms in total. The second kappa shape index (κ2) is 7.29. The minimum atomic E-state index is 0.0331. The van der Waals surface area contributed by atoms with Gasteiger partial charge in [-0.2, -0.15) is 0 Å². The number of aliphatic hydroxyl groups excluding tert-OH is 1. The third-order valence-corrected chi connectivity index (χ3v) is 3.88. The Labute approximate surface area is 115 Å². The molecule has 0 saturated carbocycles. The summed E-state index contributed by atoms with van der Waals surface area (Å²) in [6.45, 7) is 0.899. The van der Waals surface area contributed by atoms with Gasteiger partial charge in [-0.3, -0.25) is 4.79 Å². The number of hydrogen-bond donors (Lipinski definition) is 1. The number of benzene rings is 1. The Morgan fingerprint density at radius 2 is 2.00 bits per heavy atom. The summed E-state index contributed by atoms with van der Waals surface area (Å²) in [5, 5.41) is 9.43. The molecule has 0 aliphatic carbocycles. The third-order valence-electron chi connectivity index (χ3n) is 3.88. The van der Waals surface area contributed by atoms with Gasteiger partial charge in [0.05, 0.1) is 12.6 Å². The highest BCUT2D eigenvalue weighted by atomic mass is 16.3. The zero-order chi connectivity index (χ0) is 13.5. The zero-order valence-electron chi connectivity index (χ0n) is 11.4. The van der Waals surface area contributed by atoms with Crippen molar-refractivity contribution in [3.05, 3.63) is 35.9 Å². The van der Waals surface area contributed by atoms with Crippen molar-refractivity contribution in [2.45, 2.75) is 44.6 Å². The SMILES string of the molecule is O=C(CCc1ccccc1)N1CCCCCC1CO. The van der Waals surface area contributed by atoms with Crippen LogP contribution in [-0.4, -0.2) is 35.1 Å². The topological polar surface area (TPSA) is 40.5 Å². The molecule has 1 atom stereocenters. The lowest BCUT2D eigenvalue weighted by Crippen LogP contribution is -2.42. The van der Waals surface area contributed by atoms with E-state index in [1.165, 1.54) is 12.0 Å². The number of aryl methyl sites for hydroxylation is 1.